The van der Waals surface area contributed by atoms with Crippen LogP contribution in [0.25, 0.3) is 0 Å². The molecule has 2 N–H and O–H groups in total. The van der Waals surface area contributed by atoms with E-state index in [1.165, 1.54) is 25.9 Å². The highest BCUT2D eigenvalue weighted by Crippen LogP contribution is 2.16. The third-order valence-corrected chi connectivity index (χ3v) is 3.64. The molecule has 0 aliphatic carbocycles. The van der Waals surface area contributed by atoms with Gasteiger partial charge < -0.3 is 15.5 Å². The van der Waals surface area contributed by atoms with Gasteiger partial charge in [-0.15, -0.1) is 0 Å². The Hall–Kier alpha value is -0.120. The normalized spacial score (nSPS) is 27.2. The minimum absolute atomic E-state index is 0.309. The topological polar surface area (TPSA) is 32.5 Å². The third-order valence-electron chi connectivity index (χ3n) is 3.64. The van der Waals surface area contributed by atoms with Crippen LogP contribution in [0, 0.1) is 0 Å². The zero-order valence-electron chi connectivity index (χ0n) is 10.7. The molecular formula is C12H27N3. The maximum atomic E-state index is 5.83. The van der Waals surface area contributed by atoms with Gasteiger partial charge in [-0.2, -0.15) is 0 Å². The van der Waals surface area contributed by atoms with Crippen molar-refractivity contribution in [2.75, 3.05) is 27.2 Å². The lowest BCUT2D eigenvalue weighted by Crippen LogP contribution is -2.42. The van der Waals surface area contributed by atoms with E-state index in [4.69, 9.17) is 5.73 Å². The van der Waals surface area contributed by atoms with Gasteiger partial charge in [-0.1, -0.05) is 0 Å². The SMILES string of the molecule is CC(N)CC(C)N(C)CC1CCCN1C. The minimum atomic E-state index is 0.309. The van der Waals surface area contributed by atoms with Gasteiger partial charge in [0.15, 0.2) is 0 Å². The standard InChI is InChI=1S/C12H27N3/c1-10(13)8-11(2)15(4)9-12-6-5-7-14(12)3/h10-12H,5-9,13H2,1-4H3. The predicted octanol–water partition coefficient (Wildman–Crippen LogP) is 1.14. The summed E-state index contributed by atoms with van der Waals surface area (Å²) in [6.07, 6.45) is 3.80. The first-order valence-corrected chi connectivity index (χ1v) is 6.16. The van der Waals surface area contributed by atoms with E-state index in [2.05, 4.69) is 37.7 Å². The second-order valence-corrected chi connectivity index (χ2v) is 5.28. The minimum Gasteiger partial charge on any atom is -0.328 e. The Kier molecular flexibility index (Phi) is 5.03. The van der Waals surface area contributed by atoms with Gasteiger partial charge in [0.1, 0.15) is 0 Å². The highest BCUT2D eigenvalue weighted by molar-refractivity contribution is 4.80. The molecule has 0 spiro atoms. The predicted molar refractivity (Wildman–Crippen MR) is 66.0 cm³/mol. The first-order chi connectivity index (χ1) is 7.00. The van der Waals surface area contributed by atoms with Gasteiger partial charge in [0.25, 0.3) is 0 Å². The van der Waals surface area contributed by atoms with Crippen LogP contribution in [0.4, 0.5) is 0 Å². The molecule has 3 heteroatoms. The summed E-state index contributed by atoms with van der Waals surface area (Å²) < 4.78 is 0. The maximum Gasteiger partial charge on any atom is 0.0220 e. The van der Waals surface area contributed by atoms with Crippen molar-refractivity contribution in [3.05, 3.63) is 0 Å². The largest absolute Gasteiger partial charge is 0.328 e. The van der Waals surface area contributed by atoms with Gasteiger partial charge in [-0.25, -0.2) is 0 Å². The fourth-order valence-electron chi connectivity index (χ4n) is 2.44. The zero-order valence-corrected chi connectivity index (χ0v) is 10.7. The highest BCUT2D eigenvalue weighted by Gasteiger charge is 2.23. The smallest absolute Gasteiger partial charge is 0.0220 e. The van der Waals surface area contributed by atoms with E-state index in [1.54, 1.807) is 0 Å². The van der Waals surface area contributed by atoms with E-state index in [-0.39, 0.29) is 0 Å². The lowest BCUT2D eigenvalue weighted by atomic mass is 10.1. The fourth-order valence-corrected chi connectivity index (χ4v) is 2.44. The third kappa shape index (κ3) is 4.09. The van der Waals surface area contributed by atoms with Crippen LogP contribution in [0.1, 0.15) is 33.1 Å². The van der Waals surface area contributed by atoms with Gasteiger partial charge in [-0.05, 0) is 53.8 Å². The lowest BCUT2D eigenvalue weighted by molar-refractivity contribution is 0.175. The van der Waals surface area contributed by atoms with Crippen LogP contribution >= 0.6 is 0 Å². The average molecular weight is 213 g/mol. The molecule has 3 unspecified atom stereocenters. The monoisotopic (exact) mass is 213 g/mol. The Morgan fingerprint density at radius 2 is 2.13 bits per heavy atom. The van der Waals surface area contributed by atoms with Crippen LogP contribution in [0.15, 0.2) is 0 Å². The molecule has 1 aliphatic rings. The molecule has 3 nitrogen and oxygen atoms in total. The number of hydrogen-bond acceptors (Lipinski definition) is 3. The Morgan fingerprint density at radius 3 is 2.60 bits per heavy atom. The molecule has 1 heterocycles. The van der Waals surface area contributed by atoms with Gasteiger partial charge in [0, 0.05) is 24.7 Å². The fraction of sp³-hybridized carbons (Fsp3) is 1.00. The van der Waals surface area contributed by atoms with Gasteiger partial charge in [0.05, 0.1) is 0 Å². The summed E-state index contributed by atoms with van der Waals surface area (Å²) >= 11 is 0. The molecule has 1 aliphatic heterocycles. The van der Waals surface area contributed by atoms with Crippen LogP contribution in [0.2, 0.25) is 0 Å². The van der Waals surface area contributed by atoms with Crippen LogP contribution in [-0.2, 0) is 0 Å². The second-order valence-electron chi connectivity index (χ2n) is 5.28. The lowest BCUT2D eigenvalue weighted by Gasteiger charge is -2.31. The molecule has 3 atom stereocenters. The Balaban J connectivity index is 2.30. The van der Waals surface area contributed by atoms with Crippen LogP contribution in [0.3, 0.4) is 0 Å². The van der Waals surface area contributed by atoms with E-state index >= 15 is 0 Å². The molecule has 0 radical (unpaired) electrons. The molecule has 0 amide bonds. The molecule has 0 aromatic heterocycles. The molecule has 0 saturated carbocycles. The summed E-state index contributed by atoms with van der Waals surface area (Å²) in [5, 5.41) is 0. The summed E-state index contributed by atoms with van der Waals surface area (Å²) in [6, 6.07) is 1.66. The Bertz CT molecular complexity index is 182. The summed E-state index contributed by atoms with van der Waals surface area (Å²) in [5.74, 6) is 0. The van der Waals surface area contributed by atoms with Gasteiger partial charge in [0.2, 0.25) is 0 Å². The van der Waals surface area contributed by atoms with E-state index in [0.717, 1.165) is 12.5 Å². The molecule has 1 fully saturated rings. The highest BCUT2D eigenvalue weighted by atomic mass is 15.2. The summed E-state index contributed by atoms with van der Waals surface area (Å²) in [7, 11) is 4.46. The van der Waals surface area contributed by atoms with E-state index in [0.29, 0.717) is 12.1 Å². The number of hydrogen-bond donors (Lipinski definition) is 1. The number of nitrogens with two attached hydrogens (primary N) is 1. The molecule has 0 aromatic carbocycles. The summed E-state index contributed by atoms with van der Waals surface area (Å²) in [5.41, 5.74) is 5.83. The molecule has 0 bridgehead atoms. The average Bonchev–Trinajstić information content (AvgIpc) is 2.50. The number of likely N-dealkylation sites (tertiary alicyclic amines) is 1. The maximum absolute atomic E-state index is 5.83. The quantitative estimate of drug-likeness (QED) is 0.743. The molecule has 15 heavy (non-hydrogen) atoms. The van der Waals surface area contributed by atoms with Crippen molar-refractivity contribution in [3.8, 4) is 0 Å². The first-order valence-electron chi connectivity index (χ1n) is 6.16. The number of nitrogens with zero attached hydrogens (tertiary/aromatic N) is 2. The molecule has 0 aromatic rings. The number of likely N-dealkylation sites (N-methyl/N-ethyl adjacent to an activating group) is 2. The van der Waals surface area contributed by atoms with Crippen molar-refractivity contribution in [1.82, 2.24) is 9.80 Å². The summed E-state index contributed by atoms with van der Waals surface area (Å²) in [4.78, 5) is 4.94. The Labute approximate surface area is 94.6 Å². The molecule has 1 rings (SSSR count). The first kappa shape index (κ1) is 12.9. The Morgan fingerprint density at radius 1 is 1.47 bits per heavy atom. The van der Waals surface area contributed by atoms with Crippen molar-refractivity contribution in [2.24, 2.45) is 5.73 Å². The van der Waals surface area contributed by atoms with Crippen LogP contribution < -0.4 is 5.73 Å². The summed E-state index contributed by atoms with van der Waals surface area (Å²) in [6.45, 7) is 6.81. The van der Waals surface area contributed by atoms with Gasteiger partial charge >= 0.3 is 0 Å². The molecule has 90 valence electrons. The zero-order chi connectivity index (χ0) is 11.4. The van der Waals surface area contributed by atoms with E-state index in [1.807, 2.05) is 0 Å². The van der Waals surface area contributed by atoms with Crippen molar-refractivity contribution in [3.63, 3.8) is 0 Å². The van der Waals surface area contributed by atoms with Crippen molar-refractivity contribution in [2.45, 2.75) is 51.2 Å². The van der Waals surface area contributed by atoms with E-state index < -0.39 is 0 Å². The van der Waals surface area contributed by atoms with Gasteiger partial charge in [-0.3, -0.25) is 0 Å². The van der Waals surface area contributed by atoms with Crippen molar-refractivity contribution in [1.29, 1.82) is 0 Å². The second kappa shape index (κ2) is 5.83. The van der Waals surface area contributed by atoms with Crippen LogP contribution in [0.5, 0.6) is 0 Å². The number of rotatable bonds is 5. The van der Waals surface area contributed by atoms with Crippen molar-refractivity contribution >= 4 is 0 Å². The van der Waals surface area contributed by atoms with Crippen molar-refractivity contribution < 1.29 is 0 Å². The van der Waals surface area contributed by atoms with Crippen LogP contribution in [-0.4, -0.2) is 55.1 Å². The molecular weight excluding hydrogens is 186 g/mol. The molecule has 1 saturated heterocycles. The van der Waals surface area contributed by atoms with E-state index in [9.17, 15) is 0 Å².